The number of carbonyl (C=O) groups is 1. The van der Waals surface area contributed by atoms with Crippen LogP contribution < -0.4 is 4.90 Å². The first-order chi connectivity index (χ1) is 15.1. The first-order valence-electron chi connectivity index (χ1n) is 10.6. The maximum atomic E-state index is 12.5. The molecule has 0 bridgehead atoms. The molecule has 0 saturated heterocycles. The molecule has 1 aliphatic rings. The quantitative estimate of drug-likeness (QED) is 0.409. The molecule has 1 aliphatic heterocycles. The number of aliphatic imine (C=N–C) groups is 1. The highest BCUT2D eigenvalue weighted by molar-refractivity contribution is 7.17. The normalized spacial score (nSPS) is 15.3. The van der Waals surface area contributed by atoms with Gasteiger partial charge in [-0.05, 0) is 38.5 Å². The fourth-order valence-corrected chi connectivity index (χ4v) is 4.75. The zero-order valence-electron chi connectivity index (χ0n) is 19.5. The molecule has 166 valence electrons. The number of fused-ring (bicyclic) bond motifs is 1. The lowest BCUT2D eigenvalue weighted by Gasteiger charge is -2.25. The van der Waals surface area contributed by atoms with Gasteiger partial charge in [-0.25, -0.2) is 0 Å². The van der Waals surface area contributed by atoms with Gasteiger partial charge >= 0.3 is 0 Å². The molecule has 32 heavy (non-hydrogen) atoms. The Kier molecular flexibility index (Phi) is 6.95. The van der Waals surface area contributed by atoms with E-state index in [-0.39, 0.29) is 24.0 Å². The predicted octanol–water partition coefficient (Wildman–Crippen LogP) is 4.61. The van der Waals surface area contributed by atoms with Crippen LogP contribution in [0, 0.1) is 36.5 Å². The standard InChI is InChI=1S/C25H29N5OS/c1-7-8-9-18-10-12-19(13-11-18)23-22-15(2)16(3)32-25(22)30(17(4)26)24(27)20(28-23)14-21(31)29(5)6/h10-13,20,26-27H,7,14H2,1-6H3. The van der Waals surface area contributed by atoms with E-state index in [1.54, 1.807) is 37.3 Å². The Morgan fingerprint density at radius 1 is 1.25 bits per heavy atom. The molecule has 2 aromatic rings. The Morgan fingerprint density at radius 2 is 1.91 bits per heavy atom. The van der Waals surface area contributed by atoms with Crippen LogP contribution in [0.25, 0.3) is 0 Å². The molecule has 1 unspecified atom stereocenters. The van der Waals surface area contributed by atoms with Gasteiger partial charge in [-0.15, -0.1) is 11.3 Å². The molecule has 1 atom stereocenters. The number of carbonyl (C=O) groups excluding carboxylic acids is 1. The largest absolute Gasteiger partial charge is 0.349 e. The van der Waals surface area contributed by atoms with Crippen molar-refractivity contribution in [2.75, 3.05) is 19.0 Å². The second-order valence-corrected chi connectivity index (χ2v) is 9.19. The fourth-order valence-electron chi connectivity index (χ4n) is 3.53. The third-order valence-electron chi connectivity index (χ3n) is 5.42. The van der Waals surface area contributed by atoms with Gasteiger partial charge in [0.15, 0.2) is 0 Å². The number of thiophene rings is 1. The summed E-state index contributed by atoms with van der Waals surface area (Å²) >= 11 is 1.56. The fraction of sp³-hybridized carbons (Fsp3) is 0.360. The summed E-state index contributed by atoms with van der Waals surface area (Å²) in [5.74, 6) is 6.51. The van der Waals surface area contributed by atoms with Crippen molar-refractivity contribution < 1.29 is 4.79 Å². The van der Waals surface area contributed by atoms with Crippen LogP contribution in [0.2, 0.25) is 0 Å². The Morgan fingerprint density at radius 3 is 2.47 bits per heavy atom. The summed E-state index contributed by atoms with van der Waals surface area (Å²) in [4.78, 5) is 21.8. The van der Waals surface area contributed by atoms with Crippen molar-refractivity contribution in [2.45, 2.75) is 46.6 Å². The van der Waals surface area contributed by atoms with Crippen LogP contribution >= 0.6 is 11.3 Å². The van der Waals surface area contributed by atoms with E-state index in [9.17, 15) is 4.79 Å². The second kappa shape index (κ2) is 9.49. The van der Waals surface area contributed by atoms with Gasteiger partial charge in [0.2, 0.25) is 5.91 Å². The van der Waals surface area contributed by atoms with Gasteiger partial charge < -0.3 is 4.90 Å². The second-order valence-electron chi connectivity index (χ2n) is 7.99. The van der Waals surface area contributed by atoms with Crippen LogP contribution in [0.5, 0.6) is 0 Å². The first kappa shape index (κ1) is 23.4. The third kappa shape index (κ3) is 4.51. The van der Waals surface area contributed by atoms with E-state index in [1.807, 2.05) is 45.0 Å². The highest BCUT2D eigenvalue weighted by Crippen LogP contribution is 2.40. The number of hydrogen-bond donors (Lipinski definition) is 2. The van der Waals surface area contributed by atoms with Gasteiger partial charge in [-0.2, -0.15) is 0 Å². The predicted molar refractivity (Wildman–Crippen MR) is 134 cm³/mol. The number of benzene rings is 1. The Balaban J connectivity index is 2.22. The lowest BCUT2D eigenvalue weighted by molar-refractivity contribution is -0.128. The maximum absolute atomic E-state index is 12.5. The van der Waals surface area contributed by atoms with E-state index in [4.69, 9.17) is 15.8 Å². The van der Waals surface area contributed by atoms with Gasteiger partial charge in [0, 0.05) is 42.1 Å². The summed E-state index contributed by atoms with van der Waals surface area (Å²) in [7, 11) is 3.40. The summed E-state index contributed by atoms with van der Waals surface area (Å²) in [6.45, 7) is 7.78. The van der Waals surface area contributed by atoms with Gasteiger partial charge in [0.1, 0.15) is 22.7 Å². The molecule has 3 rings (SSSR count). The lowest BCUT2D eigenvalue weighted by atomic mass is 9.98. The Bertz CT molecular complexity index is 1160. The van der Waals surface area contributed by atoms with E-state index < -0.39 is 6.04 Å². The number of aryl methyl sites for hydroxylation is 1. The van der Waals surface area contributed by atoms with Crippen molar-refractivity contribution in [1.82, 2.24) is 4.90 Å². The van der Waals surface area contributed by atoms with Crippen molar-refractivity contribution in [2.24, 2.45) is 4.99 Å². The molecule has 0 spiro atoms. The average molecular weight is 448 g/mol. The minimum absolute atomic E-state index is 0.0755. The molecule has 0 saturated carbocycles. The van der Waals surface area contributed by atoms with Gasteiger partial charge in [0.25, 0.3) is 0 Å². The van der Waals surface area contributed by atoms with Crippen molar-refractivity contribution in [1.29, 1.82) is 10.8 Å². The molecule has 2 heterocycles. The average Bonchev–Trinajstić information content (AvgIpc) is 2.96. The highest BCUT2D eigenvalue weighted by Gasteiger charge is 2.34. The van der Waals surface area contributed by atoms with Crippen LogP contribution in [0.4, 0.5) is 5.00 Å². The molecule has 0 radical (unpaired) electrons. The third-order valence-corrected chi connectivity index (χ3v) is 6.61. The SMILES string of the molecule is CCC#Cc1ccc(C2=NC(CC(=O)N(C)C)C(=N)N(C(C)=N)c3sc(C)c(C)c32)cc1. The monoisotopic (exact) mass is 447 g/mol. The number of nitrogens with one attached hydrogen (secondary N) is 2. The molecule has 1 aromatic heterocycles. The number of anilines is 1. The van der Waals surface area contributed by atoms with E-state index in [0.717, 1.165) is 44.3 Å². The van der Waals surface area contributed by atoms with Crippen molar-refractivity contribution in [3.8, 4) is 11.8 Å². The van der Waals surface area contributed by atoms with E-state index in [1.165, 1.54) is 4.90 Å². The van der Waals surface area contributed by atoms with E-state index >= 15 is 0 Å². The molecule has 1 aromatic carbocycles. The van der Waals surface area contributed by atoms with Crippen molar-refractivity contribution in [3.63, 3.8) is 0 Å². The lowest BCUT2D eigenvalue weighted by Crippen LogP contribution is -2.42. The zero-order valence-corrected chi connectivity index (χ0v) is 20.3. The van der Waals surface area contributed by atoms with E-state index in [2.05, 4.69) is 11.8 Å². The Labute approximate surface area is 194 Å². The number of rotatable bonds is 3. The zero-order chi connectivity index (χ0) is 23.6. The molecule has 0 aliphatic carbocycles. The maximum Gasteiger partial charge on any atom is 0.224 e. The minimum Gasteiger partial charge on any atom is -0.349 e. The van der Waals surface area contributed by atoms with Crippen molar-refractivity contribution >= 4 is 39.6 Å². The van der Waals surface area contributed by atoms with Crippen molar-refractivity contribution in [3.05, 3.63) is 51.4 Å². The van der Waals surface area contributed by atoms with Crippen LogP contribution in [-0.4, -0.2) is 48.3 Å². The van der Waals surface area contributed by atoms with E-state index in [0.29, 0.717) is 0 Å². The van der Waals surface area contributed by atoms with Crippen LogP contribution in [-0.2, 0) is 4.79 Å². The molecule has 0 fully saturated rings. The number of amides is 1. The number of hydrogen-bond acceptors (Lipinski definition) is 5. The number of nitrogens with zero attached hydrogens (tertiary/aromatic N) is 3. The van der Waals surface area contributed by atoms with Gasteiger partial charge in [0.05, 0.1) is 12.1 Å². The summed E-state index contributed by atoms with van der Waals surface area (Å²) in [6.07, 6.45) is 0.875. The molecule has 7 heteroatoms. The summed E-state index contributed by atoms with van der Waals surface area (Å²) in [5.41, 5.74) is 4.61. The summed E-state index contributed by atoms with van der Waals surface area (Å²) in [6, 6.07) is 7.26. The summed E-state index contributed by atoms with van der Waals surface area (Å²) in [5, 5.41) is 18.1. The molecule has 1 amide bonds. The first-order valence-corrected chi connectivity index (χ1v) is 11.4. The van der Waals surface area contributed by atoms with Crippen LogP contribution in [0.1, 0.15) is 53.8 Å². The Hall–Kier alpha value is -3.24. The topological polar surface area (TPSA) is 83.6 Å². The summed E-state index contributed by atoms with van der Waals surface area (Å²) < 4.78 is 0. The minimum atomic E-state index is -0.681. The molecular weight excluding hydrogens is 418 g/mol. The molecule has 2 N–H and O–H groups in total. The highest BCUT2D eigenvalue weighted by atomic mass is 32.1. The van der Waals surface area contributed by atoms with Gasteiger partial charge in [-0.3, -0.25) is 25.5 Å². The molecular formula is C25H29N5OS. The van der Waals surface area contributed by atoms with Crippen LogP contribution in [0.3, 0.4) is 0 Å². The van der Waals surface area contributed by atoms with Crippen LogP contribution in [0.15, 0.2) is 29.3 Å². The van der Waals surface area contributed by atoms with Gasteiger partial charge in [-0.1, -0.05) is 30.9 Å². The number of amidine groups is 2. The smallest absolute Gasteiger partial charge is 0.224 e. The molecule has 6 nitrogen and oxygen atoms in total.